The van der Waals surface area contributed by atoms with Crippen molar-refractivity contribution in [3.05, 3.63) is 110 Å². The zero-order valence-electron chi connectivity index (χ0n) is 19.6. The molecule has 0 spiro atoms. The van der Waals surface area contributed by atoms with E-state index in [1.54, 1.807) is 43.3 Å². The average Bonchev–Trinajstić information content (AvgIpc) is 2.87. The van der Waals surface area contributed by atoms with E-state index in [2.05, 4.69) is 55.4 Å². The summed E-state index contributed by atoms with van der Waals surface area (Å²) < 4.78 is 7.55. The number of ether oxygens (including phenoxy) is 1. The van der Waals surface area contributed by atoms with E-state index in [1.165, 1.54) is 6.08 Å². The predicted octanol–water partition coefficient (Wildman–Crippen LogP) is 6.92. The number of carbonyl (C=O) groups excluding carboxylic acids is 3. The van der Waals surface area contributed by atoms with Gasteiger partial charge in [0.2, 0.25) is 0 Å². The Hall–Kier alpha value is -3.75. The van der Waals surface area contributed by atoms with E-state index in [0.717, 1.165) is 25.7 Å². The van der Waals surface area contributed by atoms with Gasteiger partial charge in [-0.15, -0.1) is 0 Å². The first-order valence-corrected chi connectivity index (χ1v) is 13.0. The van der Waals surface area contributed by atoms with Crippen molar-refractivity contribution in [3.63, 3.8) is 0 Å². The molecule has 37 heavy (non-hydrogen) atoms. The molecule has 5 rings (SSSR count). The van der Waals surface area contributed by atoms with Crippen LogP contribution in [-0.2, 0) is 16.2 Å². The maximum absolute atomic E-state index is 13.2. The van der Waals surface area contributed by atoms with Crippen molar-refractivity contribution in [2.24, 2.45) is 0 Å². The number of amides is 4. The molecule has 1 saturated heterocycles. The topological polar surface area (TPSA) is 75.7 Å². The Bertz CT molecular complexity index is 1610. The molecular formula is C29H20Br2N2O4. The molecule has 4 amide bonds. The van der Waals surface area contributed by atoms with Gasteiger partial charge in [-0.05, 0) is 86.7 Å². The predicted molar refractivity (Wildman–Crippen MR) is 150 cm³/mol. The molecular weight excluding hydrogens is 600 g/mol. The molecule has 1 aliphatic rings. The number of urea groups is 1. The van der Waals surface area contributed by atoms with Gasteiger partial charge in [-0.2, -0.15) is 0 Å². The lowest BCUT2D eigenvalue weighted by molar-refractivity contribution is -0.122. The summed E-state index contributed by atoms with van der Waals surface area (Å²) in [6.45, 7) is 2.17. The third-order valence-corrected chi connectivity index (χ3v) is 7.14. The number of fused-ring (bicyclic) bond motifs is 1. The highest BCUT2D eigenvalue weighted by atomic mass is 79.9. The minimum absolute atomic E-state index is 0.141. The number of barbiturate groups is 1. The summed E-state index contributed by atoms with van der Waals surface area (Å²) >= 11 is 6.91. The van der Waals surface area contributed by atoms with Gasteiger partial charge in [0, 0.05) is 4.47 Å². The third-order valence-electron chi connectivity index (χ3n) is 6.03. The number of carbonyl (C=O) groups is 3. The molecule has 1 fully saturated rings. The van der Waals surface area contributed by atoms with Gasteiger partial charge in [0.05, 0.1) is 10.2 Å². The van der Waals surface area contributed by atoms with E-state index in [1.807, 2.05) is 24.3 Å². The van der Waals surface area contributed by atoms with Crippen molar-refractivity contribution in [3.8, 4) is 5.75 Å². The summed E-state index contributed by atoms with van der Waals surface area (Å²) in [5, 5.41) is 4.53. The van der Waals surface area contributed by atoms with Crippen LogP contribution < -0.4 is 15.0 Å². The first kappa shape index (κ1) is 24.9. The quantitative estimate of drug-likeness (QED) is 0.194. The van der Waals surface area contributed by atoms with Crippen LogP contribution in [0.2, 0.25) is 0 Å². The number of hydrogen-bond donors (Lipinski definition) is 1. The highest BCUT2D eigenvalue weighted by Crippen LogP contribution is 2.31. The van der Waals surface area contributed by atoms with Crippen LogP contribution in [0.25, 0.3) is 16.8 Å². The summed E-state index contributed by atoms with van der Waals surface area (Å²) in [5.41, 5.74) is 2.64. The fourth-order valence-electron chi connectivity index (χ4n) is 4.21. The SMILES string of the molecule is Cc1cc(Br)ccc1N1C(=O)NC(=O)/C(=C/c2ccc(OCc3cccc4ccccc34)c(Br)c2)C1=O. The number of nitrogens with zero attached hydrogens (tertiary/aromatic N) is 1. The Morgan fingerprint density at radius 1 is 0.919 bits per heavy atom. The van der Waals surface area contributed by atoms with E-state index >= 15 is 0 Å². The van der Waals surface area contributed by atoms with Crippen molar-refractivity contribution >= 4 is 72.2 Å². The number of hydrogen-bond acceptors (Lipinski definition) is 4. The van der Waals surface area contributed by atoms with Crippen LogP contribution in [0.4, 0.5) is 10.5 Å². The van der Waals surface area contributed by atoms with Crippen LogP contribution in [0.5, 0.6) is 5.75 Å². The van der Waals surface area contributed by atoms with Crippen molar-refractivity contribution in [1.82, 2.24) is 5.32 Å². The number of nitrogens with one attached hydrogen (secondary N) is 1. The Kier molecular flexibility index (Phi) is 6.95. The molecule has 1 heterocycles. The number of benzene rings is 4. The summed E-state index contributed by atoms with van der Waals surface area (Å²) in [6, 6.07) is 23.9. The second kappa shape index (κ2) is 10.3. The lowest BCUT2D eigenvalue weighted by Gasteiger charge is -2.27. The van der Waals surface area contributed by atoms with E-state index in [4.69, 9.17) is 4.74 Å². The van der Waals surface area contributed by atoms with Crippen LogP contribution in [0, 0.1) is 6.92 Å². The highest BCUT2D eigenvalue weighted by Gasteiger charge is 2.37. The zero-order chi connectivity index (χ0) is 26.1. The van der Waals surface area contributed by atoms with Crippen LogP contribution >= 0.6 is 31.9 Å². The maximum Gasteiger partial charge on any atom is 0.335 e. The molecule has 0 aromatic heterocycles. The molecule has 0 saturated carbocycles. The normalized spacial score (nSPS) is 14.8. The molecule has 0 aliphatic carbocycles. The molecule has 0 unspecified atom stereocenters. The van der Waals surface area contributed by atoms with Gasteiger partial charge < -0.3 is 4.74 Å². The standard InChI is InChI=1S/C29H20Br2N2O4/c1-17-13-21(30)10-11-25(17)33-28(35)23(27(34)32-29(33)36)14-18-9-12-26(24(31)15-18)37-16-20-7-4-6-19-5-2-3-8-22(19)20/h2-15H,16H2,1H3,(H,32,34,36)/b23-14-. The smallest absolute Gasteiger partial charge is 0.335 e. The highest BCUT2D eigenvalue weighted by molar-refractivity contribution is 9.10. The van der Waals surface area contributed by atoms with Crippen molar-refractivity contribution in [2.45, 2.75) is 13.5 Å². The molecule has 0 radical (unpaired) electrons. The zero-order valence-corrected chi connectivity index (χ0v) is 22.8. The molecule has 4 aromatic rings. The number of aryl methyl sites for hydroxylation is 1. The Morgan fingerprint density at radius 2 is 1.70 bits per heavy atom. The first-order chi connectivity index (χ1) is 17.8. The van der Waals surface area contributed by atoms with Gasteiger partial charge >= 0.3 is 6.03 Å². The second-order valence-electron chi connectivity index (χ2n) is 8.51. The largest absolute Gasteiger partial charge is 0.488 e. The lowest BCUT2D eigenvalue weighted by Crippen LogP contribution is -2.54. The van der Waals surface area contributed by atoms with Gasteiger partial charge in [-0.25, -0.2) is 9.69 Å². The van der Waals surface area contributed by atoms with Gasteiger partial charge in [-0.1, -0.05) is 64.5 Å². The third kappa shape index (κ3) is 5.08. The minimum atomic E-state index is -0.782. The van der Waals surface area contributed by atoms with Crippen LogP contribution in [0.3, 0.4) is 0 Å². The average molecular weight is 620 g/mol. The van der Waals surface area contributed by atoms with Gasteiger partial charge in [0.1, 0.15) is 17.9 Å². The van der Waals surface area contributed by atoms with E-state index in [9.17, 15) is 14.4 Å². The monoisotopic (exact) mass is 618 g/mol. The fourth-order valence-corrected chi connectivity index (χ4v) is 5.20. The van der Waals surface area contributed by atoms with Crippen LogP contribution in [-0.4, -0.2) is 17.8 Å². The maximum atomic E-state index is 13.2. The molecule has 184 valence electrons. The number of anilines is 1. The fraction of sp³-hybridized carbons (Fsp3) is 0.0690. The number of rotatable bonds is 5. The van der Waals surface area contributed by atoms with Crippen molar-refractivity contribution in [2.75, 3.05) is 4.90 Å². The molecule has 8 heteroatoms. The van der Waals surface area contributed by atoms with Crippen LogP contribution in [0.1, 0.15) is 16.7 Å². The number of imide groups is 2. The minimum Gasteiger partial charge on any atom is -0.488 e. The summed E-state index contributed by atoms with van der Waals surface area (Å²) in [7, 11) is 0. The summed E-state index contributed by atoms with van der Waals surface area (Å²) in [6.07, 6.45) is 1.46. The van der Waals surface area contributed by atoms with E-state index < -0.39 is 17.8 Å². The summed E-state index contributed by atoms with van der Waals surface area (Å²) in [5.74, 6) is -0.809. The van der Waals surface area contributed by atoms with E-state index in [0.29, 0.717) is 33.6 Å². The van der Waals surface area contributed by atoms with Crippen molar-refractivity contribution in [1.29, 1.82) is 0 Å². The van der Waals surface area contributed by atoms with Crippen molar-refractivity contribution < 1.29 is 19.1 Å². The molecule has 0 bridgehead atoms. The van der Waals surface area contributed by atoms with E-state index in [-0.39, 0.29) is 5.57 Å². The second-order valence-corrected chi connectivity index (χ2v) is 10.3. The van der Waals surface area contributed by atoms with Gasteiger partial charge in [0.25, 0.3) is 11.8 Å². The molecule has 0 atom stereocenters. The number of halogens is 2. The van der Waals surface area contributed by atoms with Gasteiger partial charge in [0.15, 0.2) is 0 Å². The Balaban J connectivity index is 1.39. The molecule has 1 N–H and O–H groups in total. The first-order valence-electron chi connectivity index (χ1n) is 11.4. The summed E-state index contributed by atoms with van der Waals surface area (Å²) in [4.78, 5) is 39.3. The molecule has 4 aromatic carbocycles. The molecule has 1 aliphatic heterocycles. The Labute approximate surface area is 230 Å². The van der Waals surface area contributed by atoms with Crippen LogP contribution in [0.15, 0.2) is 93.4 Å². The van der Waals surface area contributed by atoms with Gasteiger partial charge in [-0.3, -0.25) is 14.9 Å². The Morgan fingerprint density at radius 3 is 2.49 bits per heavy atom. The molecule has 6 nitrogen and oxygen atoms in total. The lowest BCUT2D eigenvalue weighted by atomic mass is 10.1.